The number of nitrogens with two attached hydrogens (primary N) is 1. The molecule has 0 aromatic rings. The number of carbonyl (C=O) groups excluding carboxylic acids is 2. The monoisotopic (exact) mass is 539 g/mol. The van der Waals surface area contributed by atoms with Crippen LogP contribution in [-0.2, 0) is 37.5 Å². The molecule has 0 rings (SSSR count). The van der Waals surface area contributed by atoms with Crippen molar-refractivity contribution in [2.45, 2.75) is 116 Å². The average molecular weight is 540 g/mol. The number of hydrogen-bond acceptors (Lipinski definition) is 9. The summed E-state index contributed by atoms with van der Waals surface area (Å²) in [4.78, 5) is 44.8. The standard InChI is InChI=1S/C24H46NO10P/c1-3-5-7-9-11-13-15-22(26)32-17-20(35-23(27)16-14-12-10-8-6-4-2)18-33-36(30,31)34-19-21(25)24(28)29/h20-21H,3-19,25H2,1-2H3,(H,28,29)(H,30,31)/t20-,21+/m1/s1. The van der Waals surface area contributed by atoms with Gasteiger partial charge in [-0.05, 0) is 12.8 Å². The minimum atomic E-state index is -4.67. The number of rotatable bonds is 24. The molecule has 1 unspecified atom stereocenters. The zero-order chi connectivity index (χ0) is 27.2. The molecule has 11 nitrogen and oxygen atoms in total. The Hall–Kier alpha value is -1.52. The van der Waals surface area contributed by atoms with Gasteiger partial charge in [-0.25, -0.2) is 4.57 Å². The first-order chi connectivity index (χ1) is 17.1. The third kappa shape index (κ3) is 20.7. The van der Waals surface area contributed by atoms with Crippen LogP contribution < -0.4 is 5.73 Å². The van der Waals surface area contributed by atoms with Crippen LogP contribution >= 0.6 is 7.82 Å². The van der Waals surface area contributed by atoms with Gasteiger partial charge in [0.2, 0.25) is 0 Å². The van der Waals surface area contributed by atoms with Crippen molar-refractivity contribution in [1.82, 2.24) is 0 Å². The number of esters is 2. The lowest BCUT2D eigenvalue weighted by Gasteiger charge is -2.20. The van der Waals surface area contributed by atoms with Gasteiger partial charge in [-0.1, -0.05) is 78.1 Å². The lowest BCUT2D eigenvalue weighted by Crippen LogP contribution is -2.34. The van der Waals surface area contributed by atoms with Gasteiger partial charge in [0.15, 0.2) is 6.10 Å². The summed E-state index contributed by atoms with van der Waals surface area (Å²) < 4.78 is 31.9. The summed E-state index contributed by atoms with van der Waals surface area (Å²) in [6.07, 6.45) is 11.3. The van der Waals surface area contributed by atoms with E-state index >= 15 is 0 Å². The average Bonchev–Trinajstić information content (AvgIpc) is 2.83. The van der Waals surface area contributed by atoms with Crippen molar-refractivity contribution in [2.75, 3.05) is 19.8 Å². The van der Waals surface area contributed by atoms with E-state index in [0.717, 1.165) is 64.2 Å². The summed E-state index contributed by atoms with van der Waals surface area (Å²) >= 11 is 0. The Morgan fingerprint density at radius 3 is 1.75 bits per heavy atom. The first-order valence-electron chi connectivity index (χ1n) is 13.1. The molecule has 12 heteroatoms. The van der Waals surface area contributed by atoms with E-state index in [2.05, 4.69) is 18.4 Å². The third-order valence-electron chi connectivity index (χ3n) is 5.36. The first kappa shape index (κ1) is 34.5. The Morgan fingerprint density at radius 1 is 0.750 bits per heavy atom. The van der Waals surface area contributed by atoms with Gasteiger partial charge in [-0.3, -0.25) is 23.4 Å². The van der Waals surface area contributed by atoms with Gasteiger partial charge in [0.25, 0.3) is 0 Å². The zero-order valence-electron chi connectivity index (χ0n) is 21.9. The zero-order valence-corrected chi connectivity index (χ0v) is 22.8. The molecule has 0 amide bonds. The van der Waals surface area contributed by atoms with Crippen molar-refractivity contribution in [3.05, 3.63) is 0 Å². The first-order valence-corrected chi connectivity index (χ1v) is 14.6. The largest absolute Gasteiger partial charge is 0.480 e. The number of phosphoric ester groups is 1. The van der Waals surface area contributed by atoms with Crippen LogP contribution in [0.2, 0.25) is 0 Å². The SMILES string of the molecule is CCCCCCCCC(=O)OC[C@H](COP(=O)(O)OC[C@H](N)C(=O)O)OC(=O)CCCCCCCC. The fourth-order valence-corrected chi connectivity index (χ4v) is 3.96. The molecular weight excluding hydrogens is 493 g/mol. The van der Waals surface area contributed by atoms with Gasteiger partial charge in [-0.2, -0.15) is 0 Å². The lowest BCUT2D eigenvalue weighted by atomic mass is 10.1. The Labute approximate surface area is 215 Å². The molecule has 0 fully saturated rings. The predicted molar refractivity (Wildman–Crippen MR) is 134 cm³/mol. The van der Waals surface area contributed by atoms with E-state index in [4.69, 9.17) is 24.8 Å². The molecule has 0 aromatic heterocycles. The van der Waals surface area contributed by atoms with Crippen molar-refractivity contribution >= 4 is 25.7 Å². The molecule has 4 N–H and O–H groups in total. The van der Waals surface area contributed by atoms with E-state index in [1.54, 1.807) is 0 Å². The van der Waals surface area contributed by atoms with E-state index < -0.39 is 51.1 Å². The Balaban J connectivity index is 4.64. The maximum Gasteiger partial charge on any atom is 0.472 e. The van der Waals surface area contributed by atoms with E-state index in [9.17, 15) is 23.8 Å². The molecule has 0 aliphatic rings. The fourth-order valence-electron chi connectivity index (χ4n) is 3.18. The molecule has 0 aliphatic carbocycles. The van der Waals surface area contributed by atoms with E-state index in [1.807, 2.05) is 0 Å². The highest BCUT2D eigenvalue weighted by atomic mass is 31.2. The van der Waals surface area contributed by atoms with E-state index in [1.165, 1.54) is 0 Å². The molecule has 0 aromatic carbocycles. The van der Waals surface area contributed by atoms with Crippen molar-refractivity contribution in [3.8, 4) is 0 Å². The van der Waals surface area contributed by atoms with E-state index in [-0.39, 0.29) is 19.4 Å². The number of unbranched alkanes of at least 4 members (excludes halogenated alkanes) is 10. The number of carboxylic acids is 1. The molecule has 0 saturated heterocycles. The highest BCUT2D eigenvalue weighted by Gasteiger charge is 2.28. The number of carboxylic acid groups (broad SMARTS) is 1. The smallest absolute Gasteiger partial charge is 0.472 e. The highest BCUT2D eigenvalue weighted by molar-refractivity contribution is 7.47. The second kappa shape index (κ2) is 21.6. The van der Waals surface area contributed by atoms with Gasteiger partial charge < -0.3 is 25.2 Å². The van der Waals surface area contributed by atoms with Crippen LogP contribution in [0.1, 0.15) is 104 Å². The van der Waals surface area contributed by atoms with Gasteiger partial charge in [0.1, 0.15) is 12.6 Å². The predicted octanol–water partition coefficient (Wildman–Crippen LogP) is 4.49. The molecule has 212 valence electrons. The third-order valence-corrected chi connectivity index (χ3v) is 6.31. The minimum absolute atomic E-state index is 0.162. The minimum Gasteiger partial charge on any atom is -0.480 e. The maximum atomic E-state index is 12.2. The number of aliphatic carboxylic acids is 1. The van der Waals surface area contributed by atoms with Crippen LogP contribution in [0.5, 0.6) is 0 Å². The normalized spacial score (nSPS) is 14.6. The molecule has 0 aliphatic heterocycles. The summed E-state index contributed by atoms with van der Waals surface area (Å²) in [5.74, 6) is -2.40. The van der Waals surface area contributed by atoms with Gasteiger partial charge in [0.05, 0.1) is 13.2 Å². The highest BCUT2D eigenvalue weighted by Crippen LogP contribution is 2.43. The number of phosphoric acid groups is 1. The summed E-state index contributed by atoms with van der Waals surface area (Å²) in [6, 6.07) is -1.51. The van der Waals surface area contributed by atoms with Crippen molar-refractivity contribution in [3.63, 3.8) is 0 Å². The second-order valence-corrected chi connectivity index (χ2v) is 10.3. The number of carbonyl (C=O) groups is 3. The van der Waals surface area contributed by atoms with Gasteiger partial charge in [0, 0.05) is 12.8 Å². The van der Waals surface area contributed by atoms with Crippen LogP contribution in [0.4, 0.5) is 0 Å². The molecule has 0 spiro atoms. The summed E-state index contributed by atoms with van der Waals surface area (Å²) in [5, 5.41) is 8.74. The fraction of sp³-hybridized carbons (Fsp3) is 0.875. The molecule has 36 heavy (non-hydrogen) atoms. The molecule has 0 heterocycles. The maximum absolute atomic E-state index is 12.2. The van der Waals surface area contributed by atoms with Crippen LogP contribution in [0.3, 0.4) is 0 Å². The van der Waals surface area contributed by atoms with E-state index in [0.29, 0.717) is 12.8 Å². The Kier molecular flexibility index (Phi) is 20.6. The Bertz CT molecular complexity index is 661. The van der Waals surface area contributed by atoms with Gasteiger partial charge in [-0.15, -0.1) is 0 Å². The van der Waals surface area contributed by atoms with Crippen LogP contribution in [0.25, 0.3) is 0 Å². The summed E-state index contributed by atoms with van der Waals surface area (Å²) in [5.41, 5.74) is 5.25. The summed E-state index contributed by atoms with van der Waals surface area (Å²) in [7, 11) is -4.67. The number of ether oxygens (including phenoxy) is 2. The Morgan fingerprint density at radius 2 is 1.22 bits per heavy atom. The van der Waals surface area contributed by atoms with Crippen LogP contribution in [0.15, 0.2) is 0 Å². The topological polar surface area (TPSA) is 172 Å². The molecular formula is C24H46NO10P. The quantitative estimate of drug-likeness (QED) is 0.0896. The molecule has 3 atom stereocenters. The molecule has 0 saturated carbocycles. The van der Waals surface area contributed by atoms with Crippen molar-refractivity contribution < 1.29 is 47.5 Å². The van der Waals surface area contributed by atoms with Crippen LogP contribution in [-0.4, -0.2) is 59.9 Å². The molecule has 0 radical (unpaired) electrons. The number of hydrogen-bond donors (Lipinski definition) is 3. The molecule has 0 bridgehead atoms. The lowest BCUT2D eigenvalue weighted by molar-refractivity contribution is -0.161. The summed E-state index contributed by atoms with van der Waals surface area (Å²) in [6.45, 7) is 2.58. The van der Waals surface area contributed by atoms with Gasteiger partial charge >= 0.3 is 25.7 Å². The van der Waals surface area contributed by atoms with Crippen molar-refractivity contribution in [1.29, 1.82) is 0 Å². The van der Waals surface area contributed by atoms with Crippen LogP contribution in [0, 0.1) is 0 Å². The second-order valence-electron chi connectivity index (χ2n) is 8.84. The van der Waals surface area contributed by atoms with Crippen molar-refractivity contribution in [2.24, 2.45) is 5.73 Å².